The molecular weight excluding hydrogens is 196 g/mol. The monoisotopic (exact) mass is 220 g/mol. The van der Waals surface area contributed by atoms with Crippen molar-refractivity contribution in [2.45, 2.75) is 27.2 Å². The molecule has 1 aliphatic heterocycles. The fourth-order valence-corrected chi connectivity index (χ4v) is 2.41. The molecule has 1 saturated heterocycles. The van der Waals surface area contributed by atoms with Crippen molar-refractivity contribution in [1.29, 1.82) is 0 Å². The van der Waals surface area contributed by atoms with Crippen LogP contribution in [0.4, 0.5) is 0 Å². The number of likely N-dealkylation sites (N-methyl/N-ethyl adjacent to an activating group) is 1. The summed E-state index contributed by atoms with van der Waals surface area (Å²) in [4.78, 5) is 4.85. The summed E-state index contributed by atoms with van der Waals surface area (Å²) in [7, 11) is 2.19. The van der Waals surface area contributed by atoms with E-state index in [4.69, 9.17) is 0 Å². The molecule has 0 bridgehead atoms. The summed E-state index contributed by atoms with van der Waals surface area (Å²) in [5.41, 5.74) is 1.80. The normalized spacial score (nSPS) is 27.4. The summed E-state index contributed by atoms with van der Waals surface area (Å²) >= 11 is 0. The van der Waals surface area contributed by atoms with E-state index in [1.165, 1.54) is 25.2 Å². The largest absolute Gasteiger partial charge is 0.358 e. The zero-order valence-electron chi connectivity index (χ0n) is 11.0. The van der Waals surface area contributed by atoms with E-state index >= 15 is 0 Å². The van der Waals surface area contributed by atoms with Gasteiger partial charge in [0.2, 0.25) is 0 Å². The molecule has 1 atom stereocenters. The Morgan fingerprint density at radius 2 is 2.00 bits per heavy atom. The maximum atomic E-state index is 2.48. The number of rotatable bonds is 1. The molecule has 16 heavy (non-hydrogen) atoms. The predicted octanol–water partition coefficient (Wildman–Crippen LogP) is 2.70. The van der Waals surface area contributed by atoms with Gasteiger partial charge >= 0.3 is 0 Å². The average molecular weight is 220 g/mol. The van der Waals surface area contributed by atoms with Crippen molar-refractivity contribution in [3.63, 3.8) is 0 Å². The van der Waals surface area contributed by atoms with E-state index in [-0.39, 0.29) is 0 Å². The van der Waals surface area contributed by atoms with E-state index in [0.717, 1.165) is 6.67 Å². The number of hydrogen-bond donors (Lipinski definition) is 0. The minimum absolute atomic E-state index is 0.377. The first-order chi connectivity index (χ1) is 7.47. The Kier molecular flexibility index (Phi) is 3.11. The van der Waals surface area contributed by atoms with Crippen LogP contribution in [0.2, 0.25) is 0 Å². The Balaban J connectivity index is 2.09. The van der Waals surface area contributed by atoms with Gasteiger partial charge in [-0.2, -0.15) is 0 Å². The molecule has 2 heteroatoms. The molecule has 0 aromatic carbocycles. The molecule has 1 fully saturated rings. The van der Waals surface area contributed by atoms with Crippen molar-refractivity contribution < 1.29 is 0 Å². The lowest BCUT2D eigenvalue weighted by Gasteiger charge is -2.32. The third kappa shape index (κ3) is 2.49. The van der Waals surface area contributed by atoms with E-state index in [2.05, 4.69) is 55.8 Å². The Hall–Kier alpha value is -0.760. The van der Waals surface area contributed by atoms with Crippen LogP contribution in [0.3, 0.4) is 0 Å². The Labute approximate surface area is 99.6 Å². The molecule has 1 unspecified atom stereocenters. The SMILES string of the molecule is CN1CCN(C2=CC(C(C)(C)C)CC=C2)C1. The second-order valence-corrected chi connectivity index (χ2v) is 6.19. The minimum atomic E-state index is 0.377. The van der Waals surface area contributed by atoms with Crippen molar-refractivity contribution >= 4 is 0 Å². The van der Waals surface area contributed by atoms with Crippen molar-refractivity contribution in [2.24, 2.45) is 11.3 Å². The smallest absolute Gasteiger partial charge is 0.0705 e. The first-order valence-electron chi connectivity index (χ1n) is 6.28. The van der Waals surface area contributed by atoms with Crippen molar-refractivity contribution in [1.82, 2.24) is 9.80 Å². The molecule has 0 saturated carbocycles. The van der Waals surface area contributed by atoms with Crippen molar-refractivity contribution in [3.8, 4) is 0 Å². The third-order valence-electron chi connectivity index (χ3n) is 3.69. The van der Waals surface area contributed by atoms with E-state index in [1.54, 1.807) is 0 Å². The van der Waals surface area contributed by atoms with Crippen LogP contribution in [-0.2, 0) is 0 Å². The Morgan fingerprint density at radius 1 is 1.25 bits per heavy atom. The lowest BCUT2D eigenvalue weighted by Crippen LogP contribution is -2.26. The zero-order chi connectivity index (χ0) is 11.8. The summed E-state index contributed by atoms with van der Waals surface area (Å²) in [6.45, 7) is 10.4. The predicted molar refractivity (Wildman–Crippen MR) is 69.0 cm³/mol. The van der Waals surface area contributed by atoms with E-state index in [9.17, 15) is 0 Å². The van der Waals surface area contributed by atoms with E-state index in [0.29, 0.717) is 11.3 Å². The second-order valence-electron chi connectivity index (χ2n) is 6.19. The highest BCUT2D eigenvalue weighted by Gasteiger charge is 2.26. The third-order valence-corrected chi connectivity index (χ3v) is 3.69. The molecule has 2 nitrogen and oxygen atoms in total. The van der Waals surface area contributed by atoms with Crippen LogP contribution < -0.4 is 0 Å². The van der Waals surface area contributed by atoms with Crippen molar-refractivity contribution in [3.05, 3.63) is 23.9 Å². The van der Waals surface area contributed by atoms with Crippen LogP contribution in [0, 0.1) is 11.3 Å². The van der Waals surface area contributed by atoms with Crippen LogP contribution in [0.5, 0.6) is 0 Å². The molecule has 0 spiro atoms. The maximum absolute atomic E-state index is 2.48. The molecule has 0 aromatic heterocycles. The molecule has 1 heterocycles. The highest BCUT2D eigenvalue weighted by atomic mass is 15.4. The molecule has 0 radical (unpaired) electrons. The van der Waals surface area contributed by atoms with Gasteiger partial charge in [-0.25, -0.2) is 0 Å². The van der Waals surface area contributed by atoms with Crippen LogP contribution in [0.15, 0.2) is 23.9 Å². The summed E-state index contributed by atoms with van der Waals surface area (Å²) in [6.07, 6.45) is 8.29. The van der Waals surface area contributed by atoms with Gasteiger partial charge < -0.3 is 4.90 Å². The summed E-state index contributed by atoms with van der Waals surface area (Å²) in [5.74, 6) is 0.679. The Bertz CT molecular complexity index is 309. The molecule has 2 rings (SSSR count). The lowest BCUT2D eigenvalue weighted by atomic mass is 9.77. The van der Waals surface area contributed by atoms with Gasteiger partial charge in [-0.15, -0.1) is 0 Å². The number of allylic oxidation sites excluding steroid dienone is 3. The average Bonchev–Trinajstić information content (AvgIpc) is 2.64. The summed E-state index contributed by atoms with van der Waals surface area (Å²) in [6, 6.07) is 0. The summed E-state index contributed by atoms with van der Waals surface area (Å²) < 4.78 is 0. The molecule has 90 valence electrons. The highest BCUT2D eigenvalue weighted by molar-refractivity contribution is 5.24. The molecule has 0 amide bonds. The van der Waals surface area contributed by atoms with Crippen LogP contribution in [-0.4, -0.2) is 36.6 Å². The standard InChI is InChI=1S/C14H24N2/c1-14(2,3)12-6-5-7-13(10-12)16-9-8-15(4)11-16/h5,7,10,12H,6,8-9,11H2,1-4H3. The summed E-state index contributed by atoms with van der Waals surface area (Å²) in [5, 5.41) is 0. The van der Waals surface area contributed by atoms with Gasteiger partial charge in [0.15, 0.2) is 0 Å². The fraction of sp³-hybridized carbons (Fsp3) is 0.714. The zero-order valence-corrected chi connectivity index (χ0v) is 11.0. The van der Waals surface area contributed by atoms with Gasteiger partial charge in [0.05, 0.1) is 6.67 Å². The van der Waals surface area contributed by atoms with Gasteiger partial charge in [-0.1, -0.05) is 32.9 Å². The number of nitrogens with zero attached hydrogens (tertiary/aromatic N) is 2. The van der Waals surface area contributed by atoms with Gasteiger partial charge in [-0.05, 0) is 30.9 Å². The molecule has 0 N–H and O–H groups in total. The van der Waals surface area contributed by atoms with Crippen molar-refractivity contribution in [2.75, 3.05) is 26.8 Å². The number of hydrogen-bond acceptors (Lipinski definition) is 2. The minimum Gasteiger partial charge on any atom is -0.358 e. The van der Waals surface area contributed by atoms with Crippen LogP contribution in [0.25, 0.3) is 0 Å². The van der Waals surface area contributed by atoms with Crippen LogP contribution in [0.1, 0.15) is 27.2 Å². The topological polar surface area (TPSA) is 6.48 Å². The molecular formula is C14H24N2. The fourth-order valence-electron chi connectivity index (χ4n) is 2.41. The maximum Gasteiger partial charge on any atom is 0.0705 e. The first kappa shape index (κ1) is 11.7. The Morgan fingerprint density at radius 3 is 2.56 bits per heavy atom. The van der Waals surface area contributed by atoms with Gasteiger partial charge in [0.25, 0.3) is 0 Å². The molecule has 2 aliphatic rings. The van der Waals surface area contributed by atoms with Crippen LogP contribution >= 0.6 is 0 Å². The lowest BCUT2D eigenvalue weighted by molar-refractivity contribution is 0.279. The second kappa shape index (κ2) is 4.25. The quantitative estimate of drug-likeness (QED) is 0.670. The van der Waals surface area contributed by atoms with E-state index in [1.807, 2.05) is 0 Å². The first-order valence-corrected chi connectivity index (χ1v) is 6.28. The molecule has 1 aliphatic carbocycles. The molecule has 0 aromatic rings. The highest BCUT2D eigenvalue weighted by Crippen LogP contribution is 2.34. The van der Waals surface area contributed by atoms with E-state index < -0.39 is 0 Å². The van der Waals surface area contributed by atoms with Gasteiger partial charge in [0.1, 0.15) is 0 Å². The van der Waals surface area contributed by atoms with Gasteiger partial charge in [0, 0.05) is 18.8 Å². The van der Waals surface area contributed by atoms with Gasteiger partial charge in [-0.3, -0.25) is 4.90 Å².